The van der Waals surface area contributed by atoms with Gasteiger partial charge in [0.15, 0.2) is 0 Å². The maximum absolute atomic E-state index is 11.9. The van der Waals surface area contributed by atoms with E-state index in [1.54, 1.807) is 0 Å². The highest BCUT2D eigenvalue weighted by Crippen LogP contribution is 2.35. The summed E-state index contributed by atoms with van der Waals surface area (Å²) >= 11 is 0. The van der Waals surface area contributed by atoms with Gasteiger partial charge in [0.1, 0.15) is 12.9 Å². The molecule has 0 saturated heterocycles. The molecular weight excluding hydrogens is 228 g/mol. The van der Waals surface area contributed by atoms with Crippen LogP contribution in [0.4, 0.5) is 13.2 Å². The summed E-state index contributed by atoms with van der Waals surface area (Å²) < 4.78 is 50.8. The van der Waals surface area contributed by atoms with Crippen molar-refractivity contribution in [3.8, 4) is 5.75 Å². The first-order valence-electron chi connectivity index (χ1n) is 4.01. The Morgan fingerprint density at radius 3 is 2.47 bits per heavy atom. The molecule has 2 nitrogen and oxygen atoms in total. The lowest BCUT2D eigenvalue weighted by Crippen LogP contribution is -2.18. The van der Waals surface area contributed by atoms with Crippen molar-refractivity contribution < 1.29 is 22.5 Å². The van der Waals surface area contributed by atoms with Crippen LogP contribution in [0.25, 0.3) is 0 Å². The molecular formula is C9H9F3O2P. The number of alkyl halides is 3. The van der Waals surface area contributed by atoms with Crippen LogP contribution in [0.2, 0.25) is 0 Å². The Balaban J connectivity index is 2.99. The maximum atomic E-state index is 11.9. The first kappa shape index (κ1) is 12.1. The molecule has 1 radical (unpaired) electrons. The summed E-state index contributed by atoms with van der Waals surface area (Å²) in [6, 6.07) is 6.09. The Bertz CT molecular complexity index is 395. The van der Waals surface area contributed by atoms with Crippen LogP contribution in [0.1, 0.15) is 0 Å². The standard InChI is InChI=1S/C9H9F3O2P/c1-15(2,13)8-5-3-4-7(6-8)14-9(10,11)12/h3,5-6H,1-2H3. The van der Waals surface area contributed by atoms with E-state index in [1.165, 1.54) is 25.5 Å². The molecule has 0 N–H and O–H groups in total. The summed E-state index contributed by atoms with van der Waals surface area (Å²) in [5.74, 6) is -0.469. The fourth-order valence-electron chi connectivity index (χ4n) is 0.952. The first-order valence-corrected chi connectivity index (χ1v) is 6.62. The molecule has 15 heavy (non-hydrogen) atoms. The molecule has 0 amide bonds. The van der Waals surface area contributed by atoms with Crippen molar-refractivity contribution in [1.29, 1.82) is 0 Å². The highest BCUT2D eigenvalue weighted by Gasteiger charge is 2.31. The second-order valence-electron chi connectivity index (χ2n) is 3.31. The summed E-state index contributed by atoms with van der Waals surface area (Å²) in [5, 5.41) is 0.334. The van der Waals surface area contributed by atoms with Gasteiger partial charge in [0.05, 0.1) is 0 Å². The van der Waals surface area contributed by atoms with Crippen LogP contribution in [0.3, 0.4) is 0 Å². The molecule has 0 atom stereocenters. The van der Waals surface area contributed by atoms with Crippen LogP contribution in [-0.2, 0) is 4.57 Å². The van der Waals surface area contributed by atoms with Gasteiger partial charge in [0.25, 0.3) is 0 Å². The van der Waals surface area contributed by atoms with E-state index in [4.69, 9.17) is 0 Å². The van der Waals surface area contributed by atoms with Gasteiger partial charge in [-0.1, -0.05) is 6.07 Å². The third-order valence-electron chi connectivity index (χ3n) is 1.61. The number of benzene rings is 1. The van der Waals surface area contributed by atoms with Crippen LogP contribution in [-0.4, -0.2) is 19.7 Å². The fourth-order valence-corrected chi connectivity index (χ4v) is 1.81. The average Bonchev–Trinajstić information content (AvgIpc) is 1.99. The Kier molecular flexibility index (Phi) is 3.14. The van der Waals surface area contributed by atoms with Gasteiger partial charge in [-0.15, -0.1) is 13.2 Å². The molecule has 0 bridgehead atoms. The molecule has 0 aliphatic heterocycles. The minimum absolute atomic E-state index is 0.334. The van der Waals surface area contributed by atoms with Crippen molar-refractivity contribution in [2.75, 3.05) is 13.3 Å². The molecule has 0 unspecified atom stereocenters. The molecule has 0 aliphatic carbocycles. The van der Waals surface area contributed by atoms with Crippen molar-refractivity contribution in [3.05, 3.63) is 24.3 Å². The summed E-state index contributed by atoms with van der Waals surface area (Å²) in [4.78, 5) is 0. The van der Waals surface area contributed by atoms with Crippen molar-refractivity contribution in [3.63, 3.8) is 0 Å². The second kappa shape index (κ2) is 3.89. The Labute approximate surface area is 85.4 Å². The molecule has 6 heteroatoms. The van der Waals surface area contributed by atoms with Crippen molar-refractivity contribution in [2.24, 2.45) is 0 Å². The Hall–Kier alpha value is -0.960. The molecule has 0 saturated carbocycles. The van der Waals surface area contributed by atoms with E-state index in [-0.39, 0.29) is 0 Å². The highest BCUT2D eigenvalue weighted by molar-refractivity contribution is 7.70. The van der Waals surface area contributed by atoms with E-state index >= 15 is 0 Å². The van der Waals surface area contributed by atoms with Gasteiger partial charge < -0.3 is 9.30 Å². The first-order chi connectivity index (χ1) is 6.68. The molecule has 1 aromatic rings. The summed E-state index contributed by atoms with van der Waals surface area (Å²) in [7, 11) is -2.58. The quantitative estimate of drug-likeness (QED) is 0.739. The van der Waals surface area contributed by atoms with Crippen LogP contribution < -0.4 is 10.0 Å². The maximum Gasteiger partial charge on any atom is 0.573 e. The number of halogens is 3. The molecule has 0 spiro atoms. The number of ether oxygens (including phenoxy) is 1. The SMILES string of the molecule is CP(C)(=O)c1cc[c]c(OC(F)(F)F)c1. The van der Waals surface area contributed by atoms with E-state index in [0.717, 1.165) is 6.07 Å². The molecule has 0 aromatic heterocycles. The molecule has 83 valence electrons. The van der Waals surface area contributed by atoms with Crippen molar-refractivity contribution >= 4 is 12.4 Å². The zero-order valence-corrected chi connectivity index (χ0v) is 9.02. The topological polar surface area (TPSA) is 26.3 Å². The number of hydrogen-bond donors (Lipinski definition) is 0. The van der Waals surface area contributed by atoms with Crippen LogP contribution in [0.5, 0.6) is 5.75 Å². The minimum atomic E-state index is -4.75. The van der Waals surface area contributed by atoms with Gasteiger partial charge in [-0.3, -0.25) is 0 Å². The Morgan fingerprint density at radius 2 is 2.00 bits per heavy atom. The van der Waals surface area contributed by atoms with E-state index in [0.29, 0.717) is 5.30 Å². The third kappa shape index (κ3) is 3.96. The monoisotopic (exact) mass is 237 g/mol. The van der Waals surface area contributed by atoms with Crippen molar-refractivity contribution in [2.45, 2.75) is 6.36 Å². The zero-order valence-electron chi connectivity index (χ0n) is 8.13. The third-order valence-corrected chi connectivity index (χ3v) is 3.13. The minimum Gasteiger partial charge on any atom is -0.405 e. The number of rotatable bonds is 2. The Morgan fingerprint density at radius 1 is 1.40 bits per heavy atom. The smallest absolute Gasteiger partial charge is 0.405 e. The fraction of sp³-hybridized carbons (Fsp3) is 0.333. The molecule has 1 rings (SSSR count). The van der Waals surface area contributed by atoms with E-state index in [1.807, 2.05) is 0 Å². The second-order valence-corrected chi connectivity index (χ2v) is 6.53. The van der Waals surface area contributed by atoms with E-state index < -0.39 is 19.3 Å². The predicted molar refractivity (Wildman–Crippen MR) is 51.0 cm³/mol. The van der Waals surface area contributed by atoms with Crippen LogP contribution >= 0.6 is 7.14 Å². The van der Waals surface area contributed by atoms with E-state index in [9.17, 15) is 17.7 Å². The van der Waals surface area contributed by atoms with Gasteiger partial charge in [0, 0.05) is 11.4 Å². The largest absolute Gasteiger partial charge is 0.573 e. The molecule has 1 aromatic carbocycles. The lowest BCUT2D eigenvalue weighted by atomic mass is 10.3. The van der Waals surface area contributed by atoms with Gasteiger partial charge in [-0.05, 0) is 25.5 Å². The molecule has 0 fully saturated rings. The molecule has 0 heterocycles. The summed E-state index contributed by atoms with van der Waals surface area (Å²) in [6.45, 7) is 2.94. The number of hydrogen-bond acceptors (Lipinski definition) is 2. The van der Waals surface area contributed by atoms with E-state index in [2.05, 4.69) is 10.8 Å². The highest BCUT2D eigenvalue weighted by atomic mass is 31.2. The lowest BCUT2D eigenvalue weighted by Gasteiger charge is -2.11. The van der Waals surface area contributed by atoms with Crippen molar-refractivity contribution in [1.82, 2.24) is 0 Å². The van der Waals surface area contributed by atoms with Gasteiger partial charge in [0.2, 0.25) is 0 Å². The normalized spacial score (nSPS) is 12.6. The summed E-state index contributed by atoms with van der Waals surface area (Å²) in [6.07, 6.45) is -4.75. The molecule has 0 aliphatic rings. The summed E-state index contributed by atoms with van der Waals surface area (Å²) in [5.41, 5.74) is 0. The van der Waals surface area contributed by atoms with Gasteiger partial charge >= 0.3 is 6.36 Å². The van der Waals surface area contributed by atoms with Gasteiger partial charge in [-0.25, -0.2) is 0 Å². The van der Waals surface area contributed by atoms with Crippen LogP contribution in [0, 0.1) is 6.07 Å². The zero-order chi connectivity index (χ0) is 11.7. The van der Waals surface area contributed by atoms with Gasteiger partial charge in [-0.2, -0.15) is 0 Å². The average molecular weight is 237 g/mol. The predicted octanol–water partition coefficient (Wildman–Crippen LogP) is 2.63. The van der Waals surface area contributed by atoms with Crippen LogP contribution in [0.15, 0.2) is 18.2 Å². The lowest BCUT2D eigenvalue weighted by molar-refractivity contribution is -0.274.